The van der Waals surface area contributed by atoms with Gasteiger partial charge in [0.25, 0.3) is 0 Å². The van der Waals surface area contributed by atoms with E-state index in [0.717, 1.165) is 6.42 Å². The van der Waals surface area contributed by atoms with E-state index in [1.54, 1.807) is 0 Å². The van der Waals surface area contributed by atoms with Crippen LogP contribution in [0.1, 0.15) is 47.0 Å². The number of amides is 1. The topological polar surface area (TPSA) is 92.4 Å². The van der Waals surface area contributed by atoms with Gasteiger partial charge in [0.1, 0.15) is 0 Å². The lowest BCUT2D eigenvalue weighted by atomic mass is 9.84. The van der Waals surface area contributed by atoms with Crippen LogP contribution in [-0.2, 0) is 9.59 Å². The number of carbonyl (C=O) groups excluding carboxylic acids is 1. The van der Waals surface area contributed by atoms with Crippen LogP contribution in [0.5, 0.6) is 0 Å². The molecule has 0 aromatic rings. The summed E-state index contributed by atoms with van der Waals surface area (Å²) in [5.41, 5.74) is 5.47. The first-order valence-corrected chi connectivity index (χ1v) is 6.89. The average Bonchev–Trinajstić information content (AvgIpc) is 2.29. The summed E-state index contributed by atoms with van der Waals surface area (Å²) >= 11 is 0. The van der Waals surface area contributed by atoms with Gasteiger partial charge in [0, 0.05) is 13.0 Å². The number of rotatable bonds is 8. The second-order valence-corrected chi connectivity index (χ2v) is 6.32. The molecule has 0 radical (unpaired) electrons. The summed E-state index contributed by atoms with van der Waals surface area (Å²) in [5, 5.41) is 11.9. The van der Waals surface area contributed by atoms with E-state index in [1.165, 1.54) is 0 Å². The molecule has 0 aromatic heterocycles. The number of hydrogen-bond donors (Lipinski definition) is 3. The Kier molecular flexibility index (Phi) is 7.68. The summed E-state index contributed by atoms with van der Waals surface area (Å²) in [6.07, 6.45) is 1.76. The maximum Gasteiger partial charge on any atom is 0.308 e. The minimum absolute atomic E-state index is 0.0724. The van der Waals surface area contributed by atoms with Crippen molar-refractivity contribution in [2.45, 2.75) is 47.0 Å². The monoisotopic (exact) mass is 272 g/mol. The van der Waals surface area contributed by atoms with E-state index < -0.39 is 11.9 Å². The summed E-state index contributed by atoms with van der Waals surface area (Å²) in [6, 6.07) is 0. The Morgan fingerprint density at radius 1 is 1.32 bits per heavy atom. The van der Waals surface area contributed by atoms with E-state index in [0.29, 0.717) is 19.4 Å². The van der Waals surface area contributed by atoms with Gasteiger partial charge < -0.3 is 16.2 Å². The van der Waals surface area contributed by atoms with Crippen LogP contribution in [0.2, 0.25) is 0 Å². The van der Waals surface area contributed by atoms with E-state index in [-0.39, 0.29) is 23.8 Å². The highest BCUT2D eigenvalue weighted by Crippen LogP contribution is 2.24. The Balaban J connectivity index is 4.25. The SMILES string of the molecule is CCC(CN)CC(=O)NCC(CC(C)(C)C)C(=O)O. The summed E-state index contributed by atoms with van der Waals surface area (Å²) in [5.74, 6) is -1.34. The van der Waals surface area contributed by atoms with Gasteiger partial charge in [-0.1, -0.05) is 34.1 Å². The van der Waals surface area contributed by atoms with Crippen LogP contribution in [0.25, 0.3) is 0 Å². The second kappa shape index (κ2) is 8.15. The third-order valence-corrected chi connectivity index (χ3v) is 3.14. The van der Waals surface area contributed by atoms with Crippen molar-refractivity contribution < 1.29 is 14.7 Å². The second-order valence-electron chi connectivity index (χ2n) is 6.32. The average molecular weight is 272 g/mol. The normalized spacial score (nSPS) is 14.8. The molecule has 2 atom stereocenters. The number of aliphatic carboxylic acids is 1. The van der Waals surface area contributed by atoms with Crippen LogP contribution in [0, 0.1) is 17.3 Å². The summed E-state index contributed by atoms with van der Waals surface area (Å²) < 4.78 is 0. The Morgan fingerprint density at radius 3 is 2.26 bits per heavy atom. The Bertz CT molecular complexity index is 294. The van der Waals surface area contributed by atoms with Gasteiger partial charge >= 0.3 is 5.97 Å². The lowest BCUT2D eigenvalue weighted by Crippen LogP contribution is -2.36. The number of carboxylic acid groups (broad SMARTS) is 1. The quantitative estimate of drug-likeness (QED) is 0.626. The number of hydrogen-bond acceptors (Lipinski definition) is 3. The molecule has 0 saturated heterocycles. The van der Waals surface area contributed by atoms with Gasteiger partial charge in [-0.05, 0) is 24.3 Å². The Labute approximate surface area is 115 Å². The van der Waals surface area contributed by atoms with Gasteiger partial charge in [-0.3, -0.25) is 9.59 Å². The van der Waals surface area contributed by atoms with Crippen LogP contribution >= 0.6 is 0 Å². The van der Waals surface area contributed by atoms with E-state index in [1.807, 2.05) is 27.7 Å². The maximum atomic E-state index is 11.7. The van der Waals surface area contributed by atoms with E-state index in [2.05, 4.69) is 5.32 Å². The summed E-state index contributed by atoms with van der Waals surface area (Å²) in [4.78, 5) is 22.9. The molecule has 0 aliphatic heterocycles. The Morgan fingerprint density at radius 2 is 1.89 bits per heavy atom. The molecule has 4 N–H and O–H groups in total. The molecule has 5 heteroatoms. The van der Waals surface area contributed by atoms with Crippen molar-refractivity contribution in [2.24, 2.45) is 23.0 Å². The molecule has 19 heavy (non-hydrogen) atoms. The number of carbonyl (C=O) groups is 2. The van der Waals surface area contributed by atoms with E-state index in [4.69, 9.17) is 10.8 Å². The fourth-order valence-electron chi connectivity index (χ4n) is 1.95. The third kappa shape index (κ3) is 8.59. The molecular weight excluding hydrogens is 244 g/mol. The van der Waals surface area contributed by atoms with Gasteiger partial charge in [-0.2, -0.15) is 0 Å². The maximum absolute atomic E-state index is 11.7. The molecule has 2 unspecified atom stereocenters. The zero-order valence-electron chi connectivity index (χ0n) is 12.5. The van der Waals surface area contributed by atoms with Crippen molar-refractivity contribution >= 4 is 11.9 Å². The molecule has 0 heterocycles. The van der Waals surface area contributed by atoms with Crippen LogP contribution in [0.4, 0.5) is 0 Å². The summed E-state index contributed by atoms with van der Waals surface area (Å²) in [6.45, 7) is 8.63. The van der Waals surface area contributed by atoms with Crippen molar-refractivity contribution in [3.05, 3.63) is 0 Å². The van der Waals surface area contributed by atoms with Gasteiger partial charge in [-0.15, -0.1) is 0 Å². The molecule has 112 valence electrons. The highest BCUT2D eigenvalue weighted by molar-refractivity contribution is 5.77. The predicted molar refractivity (Wildman–Crippen MR) is 75.7 cm³/mol. The number of nitrogens with two attached hydrogens (primary N) is 1. The van der Waals surface area contributed by atoms with E-state index in [9.17, 15) is 9.59 Å². The molecule has 0 bridgehead atoms. The minimum Gasteiger partial charge on any atom is -0.481 e. The van der Waals surface area contributed by atoms with Crippen LogP contribution in [0.3, 0.4) is 0 Å². The highest BCUT2D eigenvalue weighted by Gasteiger charge is 2.25. The van der Waals surface area contributed by atoms with Crippen molar-refractivity contribution in [3.8, 4) is 0 Å². The zero-order chi connectivity index (χ0) is 15.1. The molecule has 0 rings (SSSR count). The first-order chi connectivity index (χ1) is 8.69. The lowest BCUT2D eigenvalue weighted by molar-refractivity contribution is -0.142. The molecule has 0 spiro atoms. The fourth-order valence-corrected chi connectivity index (χ4v) is 1.95. The van der Waals surface area contributed by atoms with Crippen LogP contribution in [-0.4, -0.2) is 30.1 Å². The van der Waals surface area contributed by atoms with E-state index >= 15 is 0 Å². The molecule has 0 aromatic carbocycles. The predicted octanol–water partition coefficient (Wildman–Crippen LogP) is 1.61. The minimum atomic E-state index is -0.860. The molecule has 0 saturated carbocycles. The van der Waals surface area contributed by atoms with Crippen molar-refractivity contribution in [3.63, 3.8) is 0 Å². The standard InChI is InChI=1S/C14H28N2O3/c1-5-10(8-15)6-12(17)16-9-11(13(18)19)7-14(2,3)4/h10-11H,5-9,15H2,1-4H3,(H,16,17)(H,18,19). The number of nitrogens with one attached hydrogen (secondary N) is 1. The largest absolute Gasteiger partial charge is 0.481 e. The number of carboxylic acids is 1. The van der Waals surface area contributed by atoms with Gasteiger partial charge in [0.2, 0.25) is 5.91 Å². The Hall–Kier alpha value is -1.10. The molecular formula is C14H28N2O3. The zero-order valence-corrected chi connectivity index (χ0v) is 12.5. The smallest absolute Gasteiger partial charge is 0.308 e. The fraction of sp³-hybridized carbons (Fsp3) is 0.857. The van der Waals surface area contributed by atoms with Crippen molar-refractivity contribution in [1.29, 1.82) is 0 Å². The summed E-state index contributed by atoms with van der Waals surface area (Å²) in [7, 11) is 0. The highest BCUT2D eigenvalue weighted by atomic mass is 16.4. The van der Waals surface area contributed by atoms with Gasteiger partial charge in [0.05, 0.1) is 5.92 Å². The van der Waals surface area contributed by atoms with Crippen molar-refractivity contribution in [1.82, 2.24) is 5.32 Å². The first kappa shape index (κ1) is 17.9. The van der Waals surface area contributed by atoms with Gasteiger partial charge in [0.15, 0.2) is 0 Å². The molecule has 5 nitrogen and oxygen atoms in total. The third-order valence-electron chi connectivity index (χ3n) is 3.14. The van der Waals surface area contributed by atoms with Gasteiger partial charge in [-0.25, -0.2) is 0 Å². The molecule has 0 aliphatic rings. The lowest BCUT2D eigenvalue weighted by Gasteiger charge is -2.23. The molecule has 0 fully saturated rings. The van der Waals surface area contributed by atoms with Crippen molar-refractivity contribution in [2.75, 3.05) is 13.1 Å². The van der Waals surface area contributed by atoms with Crippen LogP contribution in [0.15, 0.2) is 0 Å². The van der Waals surface area contributed by atoms with Crippen LogP contribution < -0.4 is 11.1 Å². The first-order valence-electron chi connectivity index (χ1n) is 6.89. The molecule has 0 aliphatic carbocycles. The molecule has 1 amide bonds.